The Labute approximate surface area is 136 Å². The van der Waals surface area contributed by atoms with Crippen LogP contribution in [-0.4, -0.2) is 0 Å². The van der Waals surface area contributed by atoms with Gasteiger partial charge < -0.3 is 5.32 Å². The van der Waals surface area contributed by atoms with Crippen molar-refractivity contribution in [3.8, 4) is 0 Å². The van der Waals surface area contributed by atoms with Crippen molar-refractivity contribution in [2.45, 2.75) is 13.0 Å². The van der Waals surface area contributed by atoms with E-state index in [4.69, 9.17) is 46.4 Å². The van der Waals surface area contributed by atoms with Gasteiger partial charge in [-0.25, -0.2) is 4.39 Å². The Morgan fingerprint density at radius 2 is 1.70 bits per heavy atom. The molecule has 1 N–H and O–H groups in total. The standard InChI is InChI=1S/C14H10Cl4FN/c1-7(9-3-4-10(16)14(18)13(9)17)20-12-5-2-8(15)6-11(12)19/h2-7,20H,1H3. The normalized spacial score (nSPS) is 12.3. The molecule has 0 saturated carbocycles. The molecular weight excluding hydrogens is 343 g/mol. The zero-order valence-corrected chi connectivity index (χ0v) is 13.4. The first-order chi connectivity index (χ1) is 9.40. The van der Waals surface area contributed by atoms with Gasteiger partial charge in [0.25, 0.3) is 0 Å². The van der Waals surface area contributed by atoms with Crippen molar-refractivity contribution >= 4 is 52.1 Å². The number of anilines is 1. The molecule has 1 atom stereocenters. The molecule has 2 aromatic carbocycles. The van der Waals surface area contributed by atoms with Gasteiger partial charge >= 0.3 is 0 Å². The summed E-state index contributed by atoms with van der Waals surface area (Å²) in [6.45, 7) is 1.85. The summed E-state index contributed by atoms with van der Waals surface area (Å²) in [5.41, 5.74) is 1.07. The van der Waals surface area contributed by atoms with Gasteiger partial charge in [0.05, 0.1) is 26.8 Å². The molecular formula is C14H10Cl4FN. The van der Waals surface area contributed by atoms with E-state index in [1.165, 1.54) is 6.07 Å². The molecule has 0 aliphatic carbocycles. The number of halogens is 5. The Hall–Kier alpha value is -0.670. The van der Waals surface area contributed by atoms with E-state index < -0.39 is 5.82 Å². The molecule has 0 amide bonds. The maximum atomic E-state index is 13.7. The van der Waals surface area contributed by atoms with E-state index in [9.17, 15) is 4.39 Å². The van der Waals surface area contributed by atoms with Gasteiger partial charge in [0.15, 0.2) is 0 Å². The monoisotopic (exact) mass is 351 g/mol. The molecule has 1 unspecified atom stereocenters. The molecule has 106 valence electrons. The zero-order valence-electron chi connectivity index (χ0n) is 10.4. The fraction of sp³-hybridized carbons (Fsp3) is 0.143. The first-order valence-corrected chi connectivity index (χ1v) is 7.26. The van der Waals surface area contributed by atoms with Crippen molar-refractivity contribution in [1.82, 2.24) is 0 Å². The van der Waals surface area contributed by atoms with Crippen LogP contribution in [-0.2, 0) is 0 Å². The van der Waals surface area contributed by atoms with Crippen LogP contribution in [0, 0.1) is 5.82 Å². The number of benzene rings is 2. The second-order valence-electron chi connectivity index (χ2n) is 4.25. The SMILES string of the molecule is CC(Nc1ccc(Cl)cc1F)c1ccc(Cl)c(Cl)c1Cl. The molecule has 0 radical (unpaired) electrons. The molecule has 6 heteroatoms. The lowest BCUT2D eigenvalue weighted by Crippen LogP contribution is -2.08. The van der Waals surface area contributed by atoms with Crippen LogP contribution in [0.15, 0.2) is 30.3 Å². The van der Waals surface area contributed by atoms with Crippen LogP contribution < -0.4 is 5.32 Å². The number of hydrogen-bond acceptors (Lipinski definition) is 1. The fourth-order valence-corrected chi connectivity index (χ4v) is 2.66. The summed E-state index contributed by atoms with van der Waals surface area (Å²) in [7, 11) is 0. The van der Waals surface area contributed by atoms with E-state index in [1.54, 1.807) is 24.3 Å². The van der Waals surface area contributed by atoms with Gasteiger partial charge in [-0.1, -0.05) is 52.5 Å². The van der Waals surface area contributed by atoms with Crippen LogP contribution in [0.1, 0.15) is 18.5 Å². The van der Waals surface area contributed by atoms with Crippen LogP contribution in [0.3, 0.4) is 0 Å². The summed E-state index contributed by atoms with van der Waals surface area (Å²) >= 11 is 23.7. The van der Waals surface area contributed by atoms with Gasteiger partial charge in [-0.15, -0.1) is 0 Å². The van der Waals surface area contributed by atoms with Crippen LogP contribution in [0.2, 0.25) is 20.1 Å². The quantitative estimate of drug-likeness (QED) is 0.612. The summed E-state index contributed by atoms with van der Waals surface area (Å²) in [5, 5.41) is 4.39. The van der Waals surface area contributed by atoms with Crippen LogP contribution >= 0.6 is 46.4 Å². The Morgan fingerprint density at radius 3 is 2.35 bits per heavy atom. The van der Waals surface area contributed by atoms with E-state index in [2.05, 4.69) is 5.32 Å². The molecule has 0 aromatic heterocycles. The highest BCUT2D eigenvalue weighted by molar-refractivity contribution is 6.48. The zero-order chi connectivity index (χ0) is 14.9. The van der Waals surface area contributed by atoms with Gasteiger partial charge in [0.1, 0.15) is 5.82 Å². The van der Waals surface area contributed by atoms with Crippen molar-refractivity contribution < 1.29 is 4.39 Å². The van der Waals surface area contributed by atoms with E-state index in [0.29, 0.717) is 20.8 Å². The number of hydrogen-bond donors (Lipinski definition) is 1. The minimum Gasteiger partial charge on any atom is -0.376 e. The highest BCUT2D eigenvalue weighted by Gasteiger charge is 2.15. The molecule has 2 aromatic rings. The summed E-state index contributed by atoms with van der Waals surface area (Å²) in [6.07, 6.45) is 0. The van der Waals surface area contributed by atoms with Gasteiger partial charge in [0, 0.05) is 5.02 Å². The summed E-state index contributed by atoms with van der Waals surface area (Å²) in [6, 6.07) is 7.58. The van der Waals surface area contributed by atoms with Crippen molar-refractivity contribution in [1.29, 1.82) is 0 Å². The summed E-state index contributed by atoms with van der Waals surface area (Å²) < 4.78 is 13.7. The first-order valence-electron chi connectivity index (χ1n) is 5.75. The molecule has 0 saturated heterocycles. The minimum atomic E-state index is -0.430. The molecule has 0 spiro atoms. The van der Waals surface area contributed by atoms with Crippen molar-refractivity contribution in [3.05, 3.63) is 61.8 Å². The average molecular weight is 353 g/mol. The smallest absolute Gasteiger partial charge is 0.147 e. The highest BCUT2D eigenvalue weighted by atomic mass is 35.5. The Balaban J connectivity index is 2.28. The van der Waals surface area contributed by atoms with E-state index in [0.717, 1.165) is 5.56 Å². The van der Waals surface area contributed by atoms with Gasteiger partial charge in [0.2, 0.25) is 0 Å². The molecule has 0 bridgehead atoms. The molecule has 0 aliphatic rings. The minimum absolute atomic E-state index is 0.243. The third-order valence-corrected chi connectivity index (χ3v) is 4.38. The lowest BCUT2D eigenvalue weighted by molar-refractivity contribution is 0.627. The molecule has 0 fully saturated rings. The topological polar surface area (TPSA) is 12.0 Å². The Bertz CT molecular complexity index is 645. The first kappa shape index (κ1) is 15.7. The third-order valence-electron chi connectivity index (χ3n) is 2.83. The molecule has 2 rings (SSSR count). The number of nitrogens with one attached hydrogen (secondary N) is 1. The average Bonchev–Trinajstić information content (AvgIpc) is 2.39. The van der Waals surface area contributed by atoms with Gasteiger partial charge in [-0.2, -0.15) is 0 Å². The number of rotatable bonds is 3. The highest BCUT2D eigenvalue weighted by Crippen LogP contribution is 2.36. The van der Waals surface area contributed by atoms with E-state index in [1.807, 2.05) is 6.92 Å². The second kappa shape index (κ2) is 6.40. The maximum absolute atomic E-state index is 13.7. The van der Waals surface area contributed by atoms with Crippen LogP contribution in [0.5, 0.6) is 0 Å². The van der Waals surface area contributed by atoms with Crippen molar-refractivity contribution in [2.24, 2.45) is 0 Å². The van der Waals surface area contributed by atoms with Crippen LogP contribution in [0.4, 0.5) is 10.1 Å². The maximum Gasteiger partial charge on any atom is 0.147 e. The molecule has 20 heavy (non-hydrogen) atoms. The van der Waals surface area contributed by atoms with Crippen LogP contribution in [0.25, 0.3) is 0 Å². The Kier molecular flexibility index (Phi) is 5.03. The second-order valence-corrected chi connectivity index (χ2v) is 5.85. The predicted molar refractivity (Wildman–Crippen MR) is 84.9 cm³/mol. The van der Waals surface area contributed by atoms with Gasteiger partial charge in [-0.3, -0.25) is 0 Å². The van der Waals surface area contributed by atoms with E-state index in [-0.39, 0.29) is 11.1 Å². The largest absolute Gasteiger partial charge is 0.376 e. The third kappa shape index (κ3) is 3.32. The predicted octanol–water partition coefficient (Wildman–Crippen LogP) is 6.61. The van der Waals surface area contributed by atoms with Gasteiger partial charge in [-0.05, 0) is 36.8 Å². The molecule has 0 aliphatic heterocycles. The summed E-state index contributed by atoms with van der Waals surface area (Å²) in [5.74, 6) is -0.430. The fourth-order valence-electron chi connectivity index (χ4n) is 1.79. The Morgan fingerprint density at radius 1 is 1.00 bits per heavy atom. The molecule has 0 heterocycles. The van der Waals surface area contributed by atoms with Crippen molar-refractivity contribution in [2.75, 3.05) is 5.32 Å². The van der Waals surface area contributed by atoms with E-state index >= 15 is 0 Å². The van der Waals surface area contributed by atoms with Crippen molar-refractivity contribution in [3.63, 3.8) is 0 Å². The molecule has 1 nitrogen and oxygen atoms in total. The lowest BCUT2D eigenvalue weighted by Gasteiger charge is -2.18. The summed E-state index contributed by atoms with van der Waals surface area (Å²) in [4.78, 5) is 0. The lowest BCUT2D eigenvalue weighted by atomic mass is 10.1.